The first-order valence-electron chi connectivity index (χ1n) is 14.4. The van der Waals surface area contributed by atoms with Crippen molar-refractivity contribution in [1.29, 1.82) is 0 Å². The van der Waals surface area contributed by atoms with Crippen LogP contribution in [0.5, 0.6) is 5.75 Å². The molecule has 4 aromatic carbocycles. The second kappa shape index (κ2) is 15.8. The summed E-state index contributed by atoms with van der Waals surface area (Å²) in [7, 11) is -2.76. The van der Waals surface area contributed by atoms with Gasteiger partial charge < -0.3 is 15.0 Å². The first kappa shape index (κ1) is 33.9. The lowest BCUT2D eigenvalue weighted by molar-refractivity contribution is -0.139. The lowest BCUT2D eigenvalue weighted by Crippen LogP contribution is -2.53. The van der Waals surface area contributed by atoms with E-state index in [2.05, 4.69) is 5.32 Å². The van der Waals surface area contributed by atoms with Crippen molar-refractivity contribution in [2.45, 2.75) is 35.7 Å². The summed E-state index contributed by atoms with van der Waals surface area (Å²) in [5.41, 5.74) is 1.66. The van der Waals surface area contributed by atoms with E-state index in [-0.39, 0.29) is 30.2 Å². The number of carbonyl (C=O) groups excluding carboxylic acids is 2. The number of benzene rings is 4. The number of carbonyl (C=O) groups is 2. The van der Waals surface area contributed by atoms with E-state index >= 15 is 0 Å². The van der Waals surface area contributed by atoms with Crippen molar-refractivity contribution in [2.24, 2.45) is 0 Å². The number of para-hydroxylation sites is 2. The third-order valence-corrected chi connectivity index (χ3v) is 10.1. The molecule has 0 radical (unpaired) electrons. The summed E-state index contributed by atoms with van der Waals surface area (Å²) in [6.45, 7) is 1.47. The molecule has 4 rings (SSSR count). The van der Waals surface area contributed by atoms with E-state index in [9.17, 15) is 18.0 Å². The van der Waals surface area contributed by atoms with E-state index in [0.717, 1.165) is 14.8 Å². The van der Waals surface area contributed by atoms with Crippen LogP contribution in [0, 0.1) is 0 Å². The summed E-state index contributed by atoms with van der Waals surface area (Å²) < 4.78 is 35.5. The number of hydrogen-bond donors (Lipinski definition) is 1. The maximum Gasteiger partial charge on any atom is 0.264 e. The van der Waals surface area contributed by atoms with E-state index in [0.29, 0.717) is 16.3 Å². The predicted molar refractivity (Wildman–Crippen MR) is 180 cm³/mol. The van der Waals surface area contributed by atoms with Crippen LogP contribution in [0.4, 0.5) is 5.69 Å². The van der Waals surface area contributed by atoms with Crippen molar-refractivity contribution in [1.82, 2.24) is 10.2 Å². The maximum atomic E-state index is 14.5. The summed E-state index contributed by atoms with van der Waals surface area (Å²) in [5, 5.41) is 3.10. The average molecular weight is 666 g/mol. The minimum absolute atomic E-state index is 0.0178. The first-order chi connectivity index (χ1) is 21.7. The van der Waals surface area contributed by atoms with Crippen LogP contribution < -0.4 is 14.4 Å². The molecule has 0 saturated heterocycles. The van der Waals surface area contributed by atoms with Crippen molar-refractivity contribution in [3.05, 3.63) is 119 Å². The van der Waals surface area contributed by atoms with Crippen molar-refractivity contribution in [2.75, 3.05) is 30.8 Å². The third kappa shape index (κ3) is 8.39. The van der Waals surface area contributed by atoms with E-state index in [1.165, 1.54) is 35.8 Å². The number of halogens is 1. The Morgan fingerprint density at radius 2 is 1.56 bits per heavy atom. The zero-order valence-electron chi connectivity index (χ0n) is 25.4. The highest BCUT2D eigenvalue weighted by Gasteiger charge is 2.35. The van der Waals surface area contributed by atoms with Gasteiger partial charge in [-0.2, -0.15) is 0 Å². The Bertz CT molecular complexity index is 1700. The Morgan fingerprint density at radius 1 is 0.911 bits per heavy atom. The Hall–Kier alpha value is -3.99. The quantitative estimate of drug-likeness (QED) is 0.165. The molecule has 0 unspecified atom stereocenters. The standard InChI is InChI=1S/C34H36ClN3O5S2/c1-4-43-32-17-11-10-16-30(32)38(45(41,42)28-20-18-27(44-3)19-21-28)24-33(39)37(23-26-14-8-9-15-29(26)35)31(34(40)36-2)22-25-12-6-5-7-13-25/h5-21,31H,4,22-24H2,1-3H3,(H,36,40)/t31-/m1/s1. The zero-order chi connectivity index (χ0) is 32.4. The summed E-state index contributed by atoms with van der Waals surface area (Å²) in [4.78, 5) is 30.2. The van der Waals surface area contributed by atoms with Crippen LogP contribution in [-0.4, -0.2) is 57.6 Å². The van der Waals surface area contributed by atoms with Crippen LogP contribution in [0.1, 0.15) is 18.1 Å². The normalized spacial score (nSPS) is 11.8. The minimum Gasteiger partial charge on any atom is -0.492 e. The van der Waals surface area contributed by atoms with Gasteiger partial charge in [-0.15, -0.1) is 11.8 Å². The van der Waals surface area contributed by atoms with Gasteiger partial charge in [0.2, 0.25) is 11.8 Å². The largest absolute Gasteiger partial charge is 0.492 e. The highest BCUT2D eigenvalue weighted by Crippen LogP contribution is 2.33. The number of nitrogens with zero attached hydrogens (tertiary/aromatic N) is 2. The summed E-state index contributed by atoms with van der Waals surface area (Å²) in [6.07, 6.45) is 2.10. The maximum absolute atomic E-state index is 14.5. The fraction of sp³-hybridized carbons (Fsp3) is 0.235. The number of nitrogens with one attached hydrogen (secondary N) is 1. The van der Waals surface area contributed by atoms with Gasteiger partial charge in [0.25, 0.3) is 10.0 Å². The predicted octanol–water partition coefficient (Wildman–Crippen LogP) is 6.04. The van der Waals surface area contributed by atoms with Crippen LogP contribution >= 0.6 is 23.4 Å². The van der Waals surface area contributed by atoms with E-state index in [4.69, 9.17) is 16.3 Å². The van der Waals surface area contributed by atoms with Gasteiger partial charge in [0, 0.05) is 29.9 Å². The number of thioether (sulfide) groups is 1. The van der Waals surface area contributed by atoms with Crippen molar-refractivity contribution in [3.63, 3.8) is 0 Å². The number of likely N-dealkylation sites (N-methyl/N-ethyl adjacent to an activating group) is 1. The monoisotopic (exact) mass is 665 g/mol. The Kier molecular flexibility index (Phi) is 11.9. The molecule has 8 nitrogen and oxygen atoms in total. The first-order valence-corrected chi connectivity index (χ1v) is 17.4. The molecule has 0 aromatic heterocycles. The molecule has 236 valence electrons. The summed E-state index contributed by atoms with van der Waals surface area (Å²) >= 11 is 8.01. The molecule has 0 spiro atoms. The summed E-state index contributed by atoms with van der Waals surface area (Å²) in [5.74, 6) is -0.673. The van der Waals surface area contributed by atoms with Gasteiger partial charge in [-0.3, -0.25) is 13.9 Å². The minimum atomic E-state index is -4.27. The van der Waals surface area contributed by atoms with Crippen LogP contribution in [-0.2, 0) is 32.6 Å². The third-order valence-electron chi connectivity index (χ3n) is 7.18. The van der Waals surface area contributed by atoms with Crippen molar-refractivity contribution < 1.29 is 22.7 Å². The number of ether oxygens (including phenoxy) is 1. The van der Waals surface area contributed by atoms with Crippen molar-refractivity contribution in [3.8, 4) is 5.75 Å². The second-order valence-corrected chi connectivity index (χ2v) is 13.2. The molecule has 4 aromatic rings. The fourth-order valence-corrected chi connectivity index (χ4v) is 6.89. The van der Waals surface area contributed by atoms with Crippen LogP contribution in [0.2, 0.25) is 5.02 Å². The smallest absolute Gasteiger partial charge is 0.264 e. The molecule has 0 aliphatic rings. The Balaban J connectivity index is 1.83. The van der Waals surface area contributed by atoms with Crippen LogP contribution in [0.25, 0.3) is 0 Å². The number of amides is 2. The highest BCUT2D eigenvalue weighted by molar-refractivity contribution is 7.98. The van der Waals surface area contributed by atoms with Gasteiger partial charge in [0.05, 0.1) is 17.2 Å². The van der Waals surface area contributed by atoms with Gasteiger partial charge >= 0.3 is 0 Å². The number of rotatable bonds is 14. The Labute approximate surface area is 274 Å². The van der Waals surface area contributed by atoms with Gasteiger partial charge in [-0.25, -0.2) is 8.42 Å². The molecular formula is C34H36ClN3O5S2. The second-order valence-electron chi connectivity index (χ2n) is 10.0. The number of hydrogen-bond acceptors (Lipinski definition) is 6. The van der Waals surface area contributed by atoms with Crippen LogP contribution in [0.3, 0.4) is 0 Å². The zero-order valence-corrected chi connectivity index (χ0v) is 27.7. The molecule has 0 aliphatic carbocycles. The molecule has 0 heterocycles. The van der Waals surface area contributed by atoms with Gasteiger partial charge in [-0.05, 0) is 66.8 Å². The van der Waals surface area contributed by atoms with Gasteiger partial charge in [-0.1, -0.05) is 72.3 Å². The molecule has 0 saturated carbocycles. The van der Waals surface area contributed by atoms with Crippen LogP contribution in [0.15, 0.2) is 113 Å². The highest BCUT2D eigenvalue weighted by atomic mass is 35.5. The van der Waals surface area contributed by atoms with Gasteiger partial charge in [0.15, 0.2) is 0 Å². The van der Waals surface area contributed by atoms with E-state index in [1.807, 2.05) is 36.6 Å². The summed E-state index contributed by atoms with van der Waals surface area (Å²) in [6, 6.07) is 28.6. The lowest BCUT2D eigenvalue weighted by atomic mass is 10.0. The molecular weight excluding hydrogens is 630 g/mol. The number of sulfonamides is 1. The van der Waals surface area contributed by atoms with Crippen molar-refractivity contribution >= 4 is 50.9 Å². The van der Waals surface area contributed by atoms with E-state index in [1.54, 1.807) is 67.6 Å². The molecule has 2 amide bonds. The SMILES string of the molecule is CCOc1ccccc1N(CC(=O)N(Cc1ccccc1Cl)[C@H](Cc1ccccc1)C(=O)NC)S(=O)(=O)c1ccc(SC)cc1. The molecule has 0 fully saturated rings. The molecule has 1 atom stereocenters. The lowest BCUT2D eigenvalue weighted by Gasteiger charge is -2.34. The number of anilines is 1. The topological polar surface area (TPSA) is 96.0 Å². The average Bonchev–Trinajstić information content (AvgIpc) is 3.06. The molecule has 0 bridgehead atoms. The molecule has 1 N–H and O–H groups in total. The van der Waals surface area contributed by atoms with Gasteiger partial charge in [0.1, 0.15) is 18.3 Å². The molecule has 11 heteroatoms. The Morgan fingerprint density at radius 3 is 2.20 bits per heavy atom. The molecule has 0 aliphatic heterocycles. The fourth-order valence-electron chi connectivity index (χ4n) is 4.86. The van der Waals surface area contributed by atoms with E-state index < -0.39 is 34.4 Å². The molecule has 45 heavy (non-hydrogen) atoms.